The number of carboxylic acids is 1. The van der Waals surface area contributed by atoms with Gasteiger partial charge in [-0.05, 0) is 5.56 Å². The van der Waals surface area contributed by atoms with E-state index < -0.39 is 40.6 Å². The Morgan fingerprint density at radius 1 is 0.952 bits per heavy atom. The van der Waals surface area contributed by atoms with Gasteiger partial charge in [-0.15, -0.1) is 0 Å². The van der Waals surface area contributed by atoms with Gasteiger partial charge in [0.05, 0.1) is 0 Å². The van der Waals surface area contributed by atoms with Crippen molar-refractivity contribution in [1.29, 1.82) is 0 Å². The summed E-state index contributed by atoms with van der Waals surface area (Å²) in [6, 6.07) is 8.13. The van der Waals surface area contributed by atoms with Crippen LogP contribution >= 0.6 is 0 Å². The number of rotatable bonds is 4. The summed E-state index contributed by atoms with van der Waals surface area (Å²) in [6.45, 7) is -0.331. The zero-order valence-corrected chi connectivity index (χ0v) is 10.4. The smallest absolute Gasteiger partial charge is 0.342 e. The van der Waals surface area contributed by atoms with Crippen molar-refractivity contribution in [3.8, 4) is 5.75 Å². The van der Waals surface area contributed by atoms with Crippen LogP contribution in [0.2, 0.25) is 0 Å². The third kappa shape index (κ3) is 2.81. The van der Waals surface area contributed by atoms with Gasteiger partial charge in [0.15, 0.2) is 17.4 Å². The Morgan fingerprint density at radius 2 is 1.52 bits per heavy atom. The molecule has 0 unspecified atom stereocenters. The Morgan fingerprint density at radius 3 is 2.10 bits per heavy atom. The van der Waals surface area contributed by atoms with Crippen molar-refractivity contribution in [2.45, 2.75) is 6.61 Å². The second kappa shape index (κ2) is 5.82. The van der Waals surface area contributed by atoms with Crippen molar-refractivity contribution in [2.24, 2.45) is 0 Å². The third-order valence-electron chi connectivity index (χ3n) is 2.66. The van der Waals surface area contributed by atoms with Crippen LogP contribution in [0.15, 0.2) is 30.3 Å². The van der Waals surface area contributed by atoms with E-state index in [9.17, 15) is 22.4 Å². The van der Waals surface area contributed by atoms with Gasteiger partial charge in [-0.3, -0.25) is 0 Å². The van der Waals surface area contributed by atoms with Crippen molar-refractivity contribution < 1.29 is 32.2 Å². The van der Waals surface area contributed by atoms with Gasteiger partial charge < -0.3 is 9.84 Å². The molecule has 2 rings (SSSR count). The summed E-state index contributed by atoms with van der Waals surface area (Å²) in [5, 5.41) is 8.81. The summed E-state index contributed by atoms with van der Waals surface area (Å²) in [5.41, 5.74) is -0.874. The third-order valence-corrected chi connectivity index (χ3v) is 2.66. The molecule has 0 spiro atoms. The van der Waals surface area contributed by atoms with Gasteiger partial charge in [0.2, 0.25) is 11.6 Å². The second-order valence-corrected chi connectivity index (χ2v) is 4.04. The molecule has 3 nitrogen and oxygen atoms in total. The molecule has 0 fully saturated rings. The molecule has 0 amide bonds. The Kier molecular flexibility index (Phi) is 4.11. The fourth-order valence-electron chi connectivity index (χ4n) is 1.67. The monoisotopic (exact) mass is 300 g/mol. The molecule has 2 aromatic rings. The Balaban J connectivity index is 2.45. The standard InChI is InChI=1S/C14H8F4O3/c15-9-8(14(19)20)13(12(18)11(17)10(9)16)21-6-7-4-2-1-3-5-7/h1-5H,6H2,(H,19,20). The van der Waals surface area contributed by atoms with Gasteiger partial charge in [-0.2, -0.15) is 4.39 Å². The first-order valence-corrected chi connectivity index (χ1v) is 5.69. The van der Waals surface area contributed by atoms with Crippen LogP contribution in [-0.2, 0) is 6.61 Å². The van der Waals surface area contributed by atoms with E-state index in [1.807, 2.05) is 0 Å². The lowest BCUT2D eigenvalue weighted by Gasteiger charge is -2.12. The zero-order chi connectivity index (χ0) is 15.6. The predicted molar refractivity (Wildman–Crippen MR) is 64.0 cm³/mol. The minimum Gasteiger partial charge on any atom is -0.485 e. The lowest BCUT2D eigenvalue weighted by atomic mass is 10.1. The normalized spacial score (nSPS) is 10.5. The van der Waals surface area contributed by atoms with E-state index in [0.717, 1.165) is 0 Å². The summed E-state index contributed by atoms with van der Waals surface area (Å²) in [4.78, 5) is 10.9. The highest BCUT2D eigenvalue weighted by molar-refractivity contribution is 5.91. The Hall–Kier alpha value is -2.57. The SMILES string of the molecule is O=C(O)c1c(F)c(F)c(F)c(F)c1OCc1ccccc1. The van der Waals surface area contributed by atoms with Crippen LogP contribution in [0.1, 0.15) is 15.9 Å². The molecule has 21 heavy (non-hydrogen) atoms. The summed E-state index contributed by atoms with van der Waals surface area (Å²) in [5.74, 6) is -11.4. The van der Waals surface area contributed by atoms with Crippen molar-refractivity contribution in [2.75, 3.05) is 0 Å². The van der Waals surface area contributed by atoms with Gasteiger partial charge in [0, 0.05) is 0 Å². The van der Waals surface area contributed by atoms with Crippen LogP contribution in [0.25, 0.3) is 0 Å². The average molecular weight is 300 g/mol. The van der Waals surface area contributed by atoms with Crippen LogP contribution in [-0.4, -0.2) is 11.1 Å². The average Bonchev–Trinajstić information content (AvgIpc) is 2.48. The van der Waals surface area contributed by atoms with Crippen LogP contribution in [0, 0.1) is 23.3 Å². The highest BCUT2D eigenvalue weighted by atomic mass is 19.2. The first kappa shape index (κ1) is 14.8. The lowest BCUT2D eigenvalue weighted by molar-refractivity contribution is 0.0682. The molecule has 2 aromatic carbocycles. The van der Waals surface area contributed by atoms with E-state index in [1.165, 1.54) is 0 Å². The van der Waals surface area contributed by atoms with Gasteiger partial charge in [0.25, 0.3) is 0 Å². The molecule has 1 N–H and O–H groups in total. The number of halogens is 4. The number of aromatic carboxylic acids is 1. The molecule has 0 aliphatic heterocycles. The molecule has 0 heterocycles. The van der Waals surface area contributed by atoms with Crippen LogP contribution < -0.4 is 4.74 Å². The van der Waals surface area contributed by atoms with Crippen LogP contribution in [0.5, 0.6) is 5.75 Å². The van der Waals surface area contributed by atoms with Gasteiger partial charge in [-0.1, -0.05) is 30.3 Å². The lowest BCUT2D eigenvalue weighted by Crippen LogP contribution is -2.12. The molecule has 7 heteroatoms. The van der Waals surface area contributed by atoms with E-state index >= 15 is 0 Å². The molecule has 110 valence electrons. The first-order valence-electron chi connectivity index (χ1n) is 5.69. The quantitative estimate of drug-likeness (QED) is 0.534. The predicted octanol–water partition coefficient (Wildman–Crippen LogP) is 3.52. The number of carboxylic acid groups (broad SMARTS) is 1. The maximum Gasteiger partial charge on any atom is 0.342 e. The van der Waals surface area contributed by atoms with Crippen molar-refractivity contribution in [3.63, 3.8) is 0 Å². The molecule has 0 aliphatic rings. The van der Waals surface area contributed by atoms with E-state index in [-0.39, 0.29) is 6.61 Å². The van der Waals surface area contributed by atoms with E-state index in [1.54, 1.807) is 30.3 Å². The summed E-state index contributed by atoms with van der Waals surface area (Å²) in [6.07, 6.45) is 0. The minimum atomic E-state index is -2.20. The minimum absolute atomic E-state index is 0.331. The molecular weight excluding hydrogens is 292 g/mol. The van der Waals surface area contributed by atoms with Gasteiger partial charge in [0.1, 0.15) is 12.2 Å². The summed E-state index contributed by atoms with van der Waals surface area (Å²) >= 11 is 0. The molecule has 0 aliphatic carbocycles. The summed E-state index contributed by atoms with van der Waals surface area (Å²) in [7, 11) is 0. The highest BCUT2D eigenvalue weighted by Gasteiger charge is 2.30. The van der Waals surface area contributed by atoms with E-state index in [0.29, 0.717) is 5.56 Å². The molecule has 0 bridgehead atoms. The van der Waals surface area contributed by atoms with Crippen molar-refractivity contribution in [1.82, 2.24) is 0 Å². The number of benzene rings is 2. The summed E-state index contributed by atoms with van der Waals surface area (Å²) < 4.78 is 58.1. The fourth-order valence-corrected chi connectivity index (χ4v) is 1.67. The van der Waals surface area contributed by atoms with Gasteiger partial charge in [-0.25, -0.2) is 18.0 Å². The Bertz CT molecular complexity index is 687. The molecule has 0 saturated carbocycles. The van der Waals surface area contributed by atoms with E-state index in [4.69, 9.17) is 9.84 Å². The first-order chi connectivity index (χ1) is 9.93. The second-order valence-electron chi connectivity index (χ2n) is 4.04. The number of ether oxygens (including phenoxy) is 1. The van der Waals surface area contributed by atoms with Crippen LogP contribution in [0.3, 0.4) is 0 Å². The largest absolute Gasteiger partial charge is 0.485 e. The van der Waals surface area contributed by atoms with E-state index in [2.05, 4.69) is 0 Å². The zero-order valence-electron chi connectivity index (χ0n) is 10.4. The van der Waals surface area contributed by atoms with Crippen molar-refractivity contribution >= 4 is 5.97 Å². The highest BCUT2D eigenvalue weighted by Crippen LogP contribution is 2.31. The number of carbonyl (C=O) groups is 1. The number of hydrogen-bond acceptors (Lipinski definition) is 2. The molecule has 0 saturated heterocycles. The molecule has 0 radical (unpaired) electrons. The molecule has 0 atom stereocenters. The van der Waals surface area contributed by atoms with Crippen molar-refractivity contribution in [3.05, 3.63) is 64.7 Å². The Labute approximate surface area is 116 Å². The fraction of sp³-hybridized carbons (Fsp3) is 0.0714. The van der Waals surface area contributed by atoms with Crippen LogP contribution in [0.4, 0.5) is 17.6 Å². The van der Waals surface area contributed by atoms with Gasteiger partial charge >= 0.3 is 5.97 Å². The maximum atomic E-state index is 13.6. The molecule has 0 aromatic heterocycles. The number of hydrogen-bond donors (Lipinski definition) is 1. The molecular formula is C14H8F4O3. The topological polar surface area (TPSA) is 46.5 Å². The maximum absolute atomic E-state index is 13.6.